The fourth-order valence-corrected chi connectivity index (χ4v) is 2.52. The van der Waals surface area contributed by atoms with Gasteiger partial charge in [0.15, 0.2) is 0 Å². The molecule has 2 rings (SSSR count). The lowest BCUT2D eigenvalue weighted by molar-refractivity contribution is 0.0943. The molecule has 5 heteroatoms. The van der Waals surface area contributed by atoms with Gasteiger partial charge in [-0.2, -0.15) is 0 Å². The summed E-state index contributed by atoms with van der Waals surface area (Å²) in [7, 11) is 0. The van der Waals surface area contributed by atoms with Crippen LogP contribution in [0.3, 0.4) is 0 Å². The lowest BCUT2D eigenvalue weighted by Gasteiger charge is -2.14. The van der Waals surface area contributed by atoms with Crippen LogP contribution in [-0.4, -0.2) is 5.91 Å². The van der Waals surface area contributed by atoms with Gasteiger partial charge in [-0.3, -0.25) is 4.79 Å². The molecule has 0 aliphatic carbocycles. The van der Waals surface area contributed by atoms with Gasteiger partial charge in [0, 0.05) is 10.4 Å². The molecule has 1 aromatic heterocycles. The van der Waals surface area contributed by atoms with E-state index in [4.69, 9.17) is 0 Å². The predicted molar refractivity (Wildman–Crippen MR) is 71.3 cm³/mol. The van der Waals surface area contributed by atoms with Crippen molar-refractivity contribution in [3.63, 3.8) is 0 Å². The van der Waals surface area contributed by atoms with Crippen molar-refractivity contribution in [1.82, 2.24) is 5.32 Å². The maximum absolute atomic E-state index is 13.6. The Balaban J connectivity index is 2.14. The Bertz CT molecular complexity index is 609. The van der Waals surface area contributed by atoms with E-state index in [1.165, 1.54) is 11.3 Å². The number of carbonyl (C=O) groups excluding carboxylic acids is 1. The highest BCUT2D eigenvalue weighted by Gasteiger charge is 2.16. The molecule has 0 radical (unpaired) electrons. The zero-order chi connectivity index (χ0) is 14.0. The molecule has 1 amide bonds. The summed E-state index contributed by atoms with van der Waals surface area (Å²) in [5, 5.41) is 2.66. The third-order valence-electron chi connectivity index (χ3n) is 2.74. The molecule has 2 nitrogen and oxygen atoms in total. The normalized spacial score (nSPS) is 12.2. The highest BCUT2D eigenvalue weighted by atomic mass is 32.1. The van der Waals surface area contributed by atoms with Crippen molar-refractivity contribution in [1.29, 1.82) is 0 Å². The van der Waals surface area contributed by atoms with Gasteiger partial charge in [0.2, 0.25) is 0 Å². The number of rotatable bonds is 3. The molecule has 1 N–H and O–H groups in total. The third kappa shape index (κ3) is 3.17. The van der Waals surface area contributed by atoms with Crippen LogP contribution in [0.15, 0.2) is 30.3 Å². The monoisotopic (exact) mass is 281 g/mol. The van der Waals surface area contributed by atoms with E-state index < -0.39 is 17.7 Å². The van der Waals surface area contributed by atoms with Crippen molar-refractivity contribution in [2.24, 2.45) is 0 Å². The van der Waals surface area contributed by atoms with Crippen molar-refractivity contribution in [3.05, 3.63) is 57.3 Å². The molecule has 0 bridgehead atoms. The highest BCUT2D eigenvalue weighted by Crippen LogP contribution is 2.20. The first-order valence-corrected chi connectivity index (χ1v) is 6.61. The zero-order valence-corrected chi connectivity index (χ0v) is 11.4. The number of hydrogen-bond donors (Lipinski definition) is 1. The number of halogens is 2. The molecule has 0 saturated carbocycles. The molecule has 1 aromatic carbocycles. The van der Waals surface area contributed by atoms with Crippen molar-refractivity contribution in [2.75, 3.05) is 0 Å². The van der Waals surface area contributed by atoms with E-state index in [1.54, 1.807) is 13.0 Å². The number of amides is 1. The van der Waals surface area contributed by atoms with E-state index in [0.29, 0.717) is 4.88 Å². The molecule has 100 valence electrons. The van der Waals surface area contributed by atoms with Crippen LogP contribution in [0.2, 0.25) is 0 Å². The van der Waals surface area contributed by atoms with Crippen LogP contribution >= 0.6 is 11.3 Å². The molecular formula is C14H13F2NOS. The van der Waals surface area contributed by atoms with Crippen molar-refractivity contribution >= 4 is 17.2 Å². The topological polar surface area (TPSA) is 29.1 Å². The molecule has 0 saturated heterocycles. The zero-order valence-electron chi connectivity index (χ0n) is 10.5. The van der Waals surface area contributed by atoms with Crippen molar-refractivity contribution in [2.45, 2.75) is 19.9 Å². The van der Waals surface area contributed by atoms with Crippen LogP contribution in [0.25, 0.3) is 0 Å². The predicted octanol–water partition coefficient (Wildman–Crippen LogP) is 3.83. The molecule has 1 heterocycles. The SMILES string of the molecule is Cc1ccc(C(=O)NC(C)c2cc(F)ccc2F)s1. The summed E-state index contributed by atoms with van der Waals surface area (Å²) >= 11 is 1.36. The van der Waals surface area contributed by atoms with Gasteiger partial charge in [-0.25, -0.2) is 8.78 Å². The Morgan fingerprint density at radius 3 is 2.63 bits per heavy atom. The number of nitrogens with one attached hydrogen (secondary N) is 1. The fraction of sp³-hybridized carbons (Fsp3) is 0.214. The van der Waals surface area contributed by atoms with Gasteiger partial charge in [-0.1, -0.05) is 0 Å². The molecule has 2 aromatic rings. The summed E-state index contributed by atoms with van der Waals surface area (Å²) in [6.07, 6.45) is 0. The van der Waals surface area contributed by atoms with E-state index in [1.807, 2.05) is 13.0 Å². The van der Waals surface area contributed by atoms with Gasteiger partial charge in [0.25, 0.3) is 5.91 Å². The van der Waals surface area contributed by atoms with Crippen LogP contribution in [0.1, 0.15) is 33.1 Å². The largest absolute Gasteiger partial charge is 0.345 e. The van der Waals surface area contributed by atoms with Gasteiger partial charge in [-0.15, -0.1) is 11.3 Å². The Morgan fingerprint density at radius 2 is 2.00 bits per heavy atom. The van der Waals surface area contributed by atoms with Crippen LogP contribution in [0, 0.1) is 18.6 Å². The molecule has 1 unspecified atom stereocenters. The van der Waals surface area contributed by atoms with Gasteiger partial charge in [0.05, 0.1) is 10.9 Å². The highest BCUT2D eigenvalue weighted by molar-refractivity contribution is 7.13. The molecule has 0 spiro atoms. The van der Waals surface area contributed by atoms with Gasteiger partial charge >= 0.3 is 0 Å². The van der Waals surface area contributed by atoms with Gasteiger partial charge in [-0.05, 0) is 44.2 Å². The minimum atomic E-state index is -0.592. The molecule has 0 aliphatic heterocycles. The van der Waals surface area contributed by atoms with E-state index in [-0.39, 0.29) is 11.5 Å². The van der Waals surface area contributed by atoms with Gasteiger partial charge in [0.1, 0.15) is 11.6 Å². The Labute approximate surface area is 114 Å². The minimum absolute atomic E-state index is 0.140. The summed E-state index contributed by atoms with van der Waals surface area (Å²) in [4.78, 5) is 13.5. The molecule has 0 fully saturated rings. The molecular weight excluding hydrogens is 268 g/mol. The fourth-order valence-electron chi connectivity index (χ4n) is 1.75. The van der Waals surface area contributed by atoms with E-state index in [9.17, 15) is 13.6 Å². The quantitative estimate of drug-likeness (QED) is 0.910. The summed E-state index contributed by atoms with van der Waals surface area (Å²) < 4.78 is 26.7. The van der Waals surface area contributed by atoms with E-state index >= 15 is 0 Å². The second-order valence-corrected chi connectivity index (χ2v) is 5.56. The van der Waals surface area contributed by atoms with Crippen LogP contribution in [-0.2, 0) is 0 Å². The Morgan fingerprint density at radius 1 is 1.26 bits per heavy atom. The average Bonchev–Trinajstić information content (AvgIpc) is 2.79. The summed E-state index contributed by atoms with van der Waals surface area (Å²) in [5.74, 6) is -1.34. The molecule has 1 atom stereocenters. The maximum atomic E-state index is 13.6. The number of carbonyl (C=O) groups is 1. The first-order chi connectivity index (χ1) is 8.97. The van der Waals surface area contributed by atoms with Gasteiger partial charge < -0.3 is 5.32 Å². The number of thiophene rings is 1. The second-order valence-electron chi connectivity index (χ2n) is 4.27. The standard InChI is InChI=1S/C14H13F2NOS/c1-8-3-6-13(19-8)14(18)17-9(2)11-7-10(15)4-5-12(11)16/h3-7,9H,1-2H3,(H,17,18). The third-order valence-corrected chi connectivity index (χ3v) is 3.74. The van der Waals surface area contributed by atoms with Crippen molar-refractivity contribution < 1.29 is 13.6 Å². The number of benzene rings is 1. The summed E-state index contributed by atoms with van der Waals surface area (Å²) in [6.45, 7) is 3.52. The van der Waals surface area contributed by atoms with Crippen LogP contribution in [0.4, 0.5) is 8.78 Å². The number of hydrogen-bond acceptors (Lipinski definition) is 2. The summed E-state index contributed by atoms with van der Waals surface area (Å²) in [5.41, 5.74) is 0.140. The Hall–Kier alpha value is -1.75. The summed E-state index contributed by atoms with van der Waals surface area (Å²) in [6, 6.07) is 6.17. The smallest absolute Gasteiger partial charge is 0.261 e. The minimum Gasteiger partial charge on any atom is -0.345 e. The number of aryl methyl sites for hydroxylation is 1. The lowest BCUT2D eigenvalue weighted by Crippen LogP contribution is -2.26. The van der Waals surface area contributed by atoms with Crippen LogP contribution in [0.5, 0.6) is 0 Å². The lowest BCUT2D eigenvalue weighted by atomic mass is 10.1. The first kappa shape index (κ1) is 13.7. The van der Waals surface area contributed by atoms with E-state index in [2.05, 4.69) is 5.32 Å². The average molecular weight is 281 g/mol. The molecule has 0 aliphatic rings. The van der Waals surface area contributed by atoms with E-state index in [0.717, 1.165) is 23.1 Å². The van der Waals surface area contributed by atoms with Crippen molar-refractivity contribution in [3.8, 4) is 0 Å². The molecule has 19 heavy (non-hydrogen) atoms. The van der Waals surface area contributed by atoms with Crippen LogP contribution < -0.4 is 5.32 Å². The first-order valence-electron chi connectivity index (χ1n) is 5.79. The Kier molecular flexibility index (Phi) is 3.95. The maximum Gasteiger partial charge on any atom is 0.261 e. The second kappa shape index (κ2) is 5.48.